The molecule has 0 spiro atoms. The van der Waals surface area contributed by atoms with Crippen molar-refractivity contribution in [3.8, 4) is 0 Å². The maximum Gasteiger partial charge on any atom is 0.305 e. The average Bonchev–Trinajstić information content (AvgIpc) is 1.80. The second kappa shape index (κ2) is 6.04. The zero-order chi connectivity index (χ0) is 7.11. The van der Waals surface area contributed by atoms with Gasteiger partial charge in [-0.25, -0.2) is 0 Å². The van der Waals surface area contributed by atoms with Crippen LogP contribution in [0.5, 0.6) is 0 Å². The predicted octanol–water partition coefficient (Wildman–Crippen LogP) is 0.873. The molecular formula is C5H9BrO3. The van der Waals surface area contributed by atoms with Gasteiger partial charge in [-0.3, -0.25) is 4.79 Å². The summed E-state index contributed by atoms with van der Waals surface area (Å²) in [5.74, 6) is -0.815. The number of hydrogen-bond acceptors (Lipinski definition) is 2. The molecule has 0 aromatic carbocycles. The smallest absolute Gasteiger partial charge is 0.305 e. The third kappa shape index (κ3) is 7.91. The monoisotopic (exact) mass is 196 g/mol. The summed E-state index contributed by atoms with van der Waals surface area (Å²) in [7, 11) is 0. The first kappa shape index (κ1) is 8.91. The number of aliphatic carboxylic acids is 1. The van der Waals surface area contributed by atoms with E-state index in [0.717, 1.165) is 5.33 Å². The van der Waals surface area contributed by atoms with E-state index in [9.17, 15) is 4.79 Å². The number of hydrogen-bond donors (Lipinski definition) is 1. The summed E-state index contributed by atoms with van der Waals surface area (Å²) < 4.78 is 4.87. The molecule has 0 unspecified atom stereocenters. The van der Waals surface area contributed by atoms with Gasteiger partial charge in [0.25, 0.3) is 0 Å². The molecule has 4 heteroatoms. The van der Waals surface area contributed by atoms with Crippen LogP contribution < -0.4 is 0 Å². The molecule has 54 valence electrons. The number of halogens is 1. The largest absolute Gasteiger partial charge is 0.481 e. The Bertz CT molecular complexity index is 84.3. The second-order valence-electron chi connectivity index (χ2n) is 1.45. The SMILES string of the molecule is O=C(O)CCOCCBr. The number of ether oxygens (including phenoxy) is 1. The van der Waals surface area contributed by atoms with Crippen LogP contribution in [0.4, 0.5) is 0 Å². The number of carboxylic acids is 1. The van der Waals surface area contributed by atoms with Crippen molar-refractivity contribution in [3.05, 3.63) is 0 Å². The van der Waals surface area contributed by atoms with Crippen LogP contribution in [0, 0.1) is 0 Å². The highest BCUT2D eigenvalue weighted by Gasteiger charge is 1.94. The Kier molecular flexibility index (Phi) is 5.98. The topological polar surface area (TPSA) is 46.5 Å². The highest BCUT2D eigenvalue weighted by atomic mass is 79.9. The van der Waals surface area contributed by atoms with Crippen LogP contribution in [0.2, 0.25) is 0 Å². The van der Waals surface area contributed by atoms with Crippen molar-refractivity contribution in [2.45, 2.75) is 6.42 Å². The lowest BCUT2D eigenvalue weighted by atomic mass is 10.5. The van der Waals surface area contributed by atoms with Gasteiger partial charge in [-0.15, -0.1) is 0 Å². The first-order chi connectivity index (χ1) is 4.27. The van der Waals surface area contributed by atoms with Crippen LogP contribution >= 0.6 is 15.9 Å². The van der Waals surface area contributed by atoms with Gasteiger partial charge in [-0.05, 0) is 0 Å². The summed E-state index contributed by atoms with van der Waals surface area (Å²) in [6.07, 6.45) is 0.0903. The maximum atomic E-state index is 9.87. The lowest BCUT2D eigenvalue weighted by Gasteiger charge is -1.96. The molecular weight excluding hydrogens is 188 g/mol. The number of alkyl halides is 1. The second-order valence-corrected chi connectivity index (χ2v) is 2.24. The Morgan fingerprint density at radius 1 is 1.56 bits per heavy atom. The van der Waals surface area contributed by atoms with Gasteiger partial charge in [-0.2, -0.15) is 0 Å². The third-order valence-electron chi connectivity index (χ3n) is 0.682. The van der Waals surface area contributed by atoms with Crippen molar-refractivity contribution in [2.24, 2.45) is 0 Å². The fraction of sp³-hybridized carbons (Fsp3) is 0.800. The number of carbonyl (C=O) groups is 1. The van der Waals surface area contributed by atoms with E-state index in [1.807, 2.05) is 0 Å². The Hall–Kier alpha value is -0.0900. The van der Waals surface area contributed by atoms with Crippen LogP contribution in [0.3, 0.4) is 0 Å². The molecule has 0 aromatic heterocycles. The molecule has 0 fully saturated rings. The first-order valence-corrected chi connectivity index (χ1v) is 3.75. The average molecular weight is 197 g/mol. The van der Waals surface area contributed by atoms with Crippen molar-refractivity contribution in [2.75, 3.05) is 18.5 Å². The van der Waals surface area contributed by atoms with Gasteiger partial charge in [0.05, 0.1) is 19.6 Å². The van der Waals surface area contributed by atoms with E-state index in [1.165, 1.54) is 0 Å². The molecule has 0 aliphatic heterocycles. The van der Waals surface area contributed by atoms with Gasteiger partial charge in [0.1, 0.15) is 0 Å². The first-order valence-electron chi connectivity index (χ1n) is 2.63. The molecule has 0 bridgehead atoms. The fourth-order valence-corrected chi connectivity index (χ4v) is 0.545. The van der Waals surface area contributed by atoms with E-state index in [0.29, 0.717) is 13.2 Å². The maximum absolute atomic E-state index is 9.87. The van der Waals surface area contributed by atoms with Crippen molar-refractivity contribution in [1.29, 1.82) is 0 Å². The zero-order valence-electron chi connectivity index (χ0n) is 4.97. The Balaban J connectivity index is 2.83. The molecule has 0 saturated heterocycles. The summed E-state index contributed by atoms with van der Waals surface area (Å²) >= 11 is 3.14. The highest BCUT2D eigenvalue weighted by Crippen LogP contribution is 1.84. The predicted molar refractivity (Wildman–Crippen MR) is 36.9 cm³/mol. The van der Waals surface area contributed by atoms with E-state index in [4.69, 9.17) is 9.84 Å². The molecule has 3 nitrogen and oxygen atoms in total. The lowest BCUT2D eigenvalue weighted by molar-refractivity contribution is -0.138. The van der Waals surface area contributed by atoms with E-state index >= 15 is 0 Å². The normalized spacial score (nSPS) is 9.44. The quantitative estimate of drug-likeness (QED) is 0.525. The summed E-state index contributed by atoms with van der Waals surface area (Å²) in [6, 6.07) is 0. The molecule has 0 aliphatic rings. The number of carboxylic acid groups (broad SMARTS) is 1. The zero-order valence-corrected chi connectivity index (χ0v) is 6.56. The van der Waals surface area contributed by atoms with Gasteiger partial charge in [0.15, 0.2) is 0 Å². The molecule has 0 aromatic rings. The minimum absolute atomic E-state index is 0.0903. The Morgan fingerprint density at radius 3 is 2.67 bits per heavy atom. The summed E-state index contributed by atoms with van der Waals surface area (Å²) in [6.45, 7) is 0.883. The van der Waals surface area contributed by atoms with Crippen LogP contribution in [0.15, 0.2) is 0 Å². The third-order valence-corrected chi connectivity index (χ3v) is 1.01. The van der Waals surface area contributed by atoms with Crippen LogP contribution in [-0.2, 0) is 9.53 Å². The molecule has 0 atom stereocenters. The van der Waals surface area contributed by atoms with Gasteiger partial charge < -0.3 is 9.84 Å². The van der Waals surface area contributed by atoms with Gasteiger partial charge in [0.2, 0.25) is 0 Å². The fourth-order valence-electron chi connectivity index (χ4n) is 0.316. The van der Waals surface area contributed by atoms with Crippen LogP contribution in [0.25, 0.3) is 0 Å². The molecule has 9 heavy (non-hydrogen) atoms. The minimum atomic E-state index is -0.815. The van der Waals surface area contributed by atoms with E-state index in [-0.39, 0.29) is 6.42 Å². The van der Waals surface area contributed by atoms with E-state index in [1.54, 1.807) is 0 Å². The Labute approximate surface area is 62.1 Å². The highest BCUT2D eigenvalue weighted by molar-refractivity contribution is 9.09. The lowest BCUT2D eigenvalue weighted by Crippen LogP contribution is -2.03. The van der Waals surface area contributed by atoms with Crippen molar-refractivity contribution in [3.63, 3.8) is 0 Å². The van der Waals surface area contributed by atoms with Crippen molar-refractivity contribution < 1.29 is 14.6 Å². The standard InChI is InChI=1S/C5H9BrO3/c6-2-4-9-3-1-5(7)8/h1-4H2,(H,7,8). The Morgan fingerprint density at radius 2 is 2.22 bits per heavy atom. The summed E-state index contributed by atoms with van der Waals surface area (Å²) in [5, 5.41) is 8.88. The number of rotatable bonds is 5. The van der Waals surface area contributed by atoms with Gasteiger partial charge in [0, 0.05) is 5.33 Å². The van der Waals surface area contributed by atoms with Crippen LogP contribution in [-0.4, -0.2) is 29.6 Å². The van der Waals surface area contributed by atoms with Crippen LogP contribution in [0.1, 0.15) is 6.42 Å². The van der Waals surface area contributed by atoms with Gasteiger partial charge >= 0.3 is 5.97 Å². The van der Waals surface area contributed by atoms with Gasteiger partial charge in [-0.1, -0.05) is 15.9 Å². The molecule has 0 heterocycles. The minimum Gasteiger partial charge on any atom is -0.481 e. The molecule has 0 aliphatic carbocycles. The molecule has 0 saturated carbocycles. The van der Waals surface area contributed by atoms with E-state index in [2.05, 4.69) is 15.9 Å². The van der Waals surface area contributed by atoms with Crippen molar-refractivity contribution >= 4 is 21.9 Å². The van der Waals surface area contributed by atoms with E-state index < -0.39 is 5.97 Å². The summed E-state index contributed by atoms with van der Waals surface area (Å²) in [4.78, 5) is 9.87. The van der Waals surface area contributed by atoms with Crippen molar-refractivity contribution in [1.82, 2.24) is 0 Å². The molecule has 0 rings (SSSR count). The summed E-state index contributed by atoms with van der Waals surface area (Å²) in [5.41, 5.74) is 0. The molecule has 0 radical (unpaired) electrons. The molecule has 0 amide bonds. The molecule has 1 N–H and O–H groups in total.